The molecule has 5 nitrogen and oxygen atoms in total. The summed E-state index contributed by atoms with van der Waals surface area (Å²) in [6.07, 6.45) is -0.116. The van der Waals surface area contributed by atoms with E-state index in [1.165, 1.54) is 0 Å². The summed E-state index contributed by atoms with van der Waals surface area (Å²) in [7, 11) is 0. The monoisotopic (exact) mass is 345 g/mol. The molecular weight excluding hydrogens is 334 g/mol. The second-order valence-corrected chi connectivity index (χ2v) is 5.21. The number of ether oxygens (including phenoxy) is 1. The average molecular weight is 347 g/mol. The first-order valence-corrected chi connectivity index (χ1v) is 7.07. The molecule has 1 amide bonds. The SMILES string of the molecule is NC(=O)OCCn1c(CCCl)nc2ccc(Br)cc21. The van der Waals surface area contributed by atoms with E-state index in [0.29, 0.717) is 18.8 Å². The van der Waals surface area contributed by atoms with E-state index in [1.54, 1.807) is 0 Å². The molecule has 7 heteroatoms. The fourth-order valence-corrected chi connectivity index (χ4v) is 2.43. The molecule has 0 saturated carbocycles. The van der Waals surface area contributed by atoms with E-state index in [9.17, 15) is 4.79 Å². The number of halogens is 2. The summed E-state index contributed by atoms with van der Waals surface area (Å²) in [6, 6.07) is 5.84. The number of aryl methyl sites for hydroxylation is 1. The number of rotatable bonds is 5. The van der Waals surface area contributed by atoms with Crippen molar-refractivity contribution in [3.05, 3.63) is 28.5 Å². The molecule has 0 fully saturated rings. The second-order valence-electron chi connectivity index (χ2n) is 3.92. The summed E-state index contributed by atoms with van der Waals surface area (Å²) in [5, 5.41) is 0. The lowest BCUT2D eigenvalue weighted by molar-refractivity contribution is 0.152. The molecule has 1 aromatic heterocycles. The van der Waals surface area contributed by atoms with E-state index in [-0.39, 0.29) is 6.61 Å². The highest BCUT2D eigenvalue weighted by molar-refractivity contribution is 9.10. The molecule has 0 unspecified atom stereocenters. The zero-order valence-corrected chi connectivity index (χ0v) is 12.4. The van der Waals surface area contributed by atoms with E-state index in [0.717, 1.165) is 21.3 Å². The van der Waals surface area contributed by atoms with Crippen molar-refractivity contribution in [2.24, 2.45) is 5.73 Å². The summed E-state index contributed by atoms with van der Waals surface area (Å²) in [4.78, 5) is 15.1. The quantitative estimate of drug-likeness (QED) is 0.846. The van der Waals surface area contributed by atoms with Crippen LogP contribution in [0.1, 0.15) is 5.82 Å². The van der Waals surface area contributed by atoms with Crippen LogP contribution < -0.4 is 5.73 Å². The summed E-state index contributed by atoms with van der Waals surface area (Å²) in [6.45, 7) is 0.713. The number of hydrogen-bond acceptors (Lipinski definition) is 3. The molecule has 0 aliphatic rings. The van der Waals surface area contributed by atoms with E-state index >= 15 is 0 Å². The van der Waals surface area contributed by atoms with Crippen LogP contribution in [-0.2, 0) is 17.7 Å². The number of imidazole rings is 1. The summed E-state index contributed by atoms with van der Waals surface area (Å²) in [5.41, 5.74) is 6.82. The molecule has 0 spiro atoms. The van der Waals surface area contributed by atoms with Gasteiger partial charge >= 0.3 is 6.09 Å². The first-order valence-electron chi connectivity index (χ1n) is 5.74. The Morgan fingerprint density at radius 2 is 2.32 bits per heavy atom. The fraction of sp³-hybridized carbons (Fsp3) is 0.333. The van der Waals surface area contributed by atoms with Gasteiger partial charge in [-0.15, -0.1) is 11.6 Å². The van der Waals surface area contributed by atoms with Crippen LogP contribution in [-0.4, -0.2) is 28.1 Å². The van der Waals surface area contributed by atoms with Gasteiger partial charge in [-0.1, -0.05) is 15.9 Å². The van der Waals surface area contributed by atoms with Crippen molar-refractivity contribution in [3.63, 3.8) is 0 Å². The Bertz CT molecular complexity index is 600. The molecule has 19 heavy (non-hydrogen) atoms. The van der Waals surface area contributed by atoms with Crippen molar-refractivity contribution >= 4 is 44.7 Å². The number of amides is 1. The van der Waals surface area contributed by atoms with Crippen LogP contribution in [0.3, 0.4) is 0 Å². The van der Waals surface area contributed by atoms with Crippen LogP contribution >= 0.6 is 27.5 Å². The Kier molecular flexibility index (Phi) is 4.66. The molecule has 1 heterocycles. The minimum absolute atomic E-state index is 0.211. The highest BCUT2D eigenvalue weighted by Gasteiger charge is 2.11. The van der Waals surface area contributed by atoms with E-state index in [4.69, 9.17) is 22.1 Å². The minimum atomic E-state index is -0.774. The Balaban J connectivity index is 2.33. The lowest BCUT2D eigenvalue weighted by atomic mass is 10.3. The summed E-state index contributed by atoms with van der Waals surface area (Å²) >= 11 is 9.22. The van der Waals surface area contributed by atoms with Gasteiger partial charge in [-0.3, -0.25) is 0 Å². The van der Waals surface area contributed by atoms with Gasteiger partial charge in [-0.25, -0.2) is 9.78 Å². The van der Waals surface area contributed by atoms with Crippen LogP contribution in [0, 0.1) is 0 Å². The van der Waals surface area contributed by atoms with Gasteiger partial charge in [0, 0.05) is 16.8 Å². The van der Waals surface area contributed by atoms with Crippen LogP contribution in [0.15, 0.2) is 22.7 Å². The lowest BCUT2D eigenvalue weighted by Crippen LogP contribution is -2.17. The van der Waals surface area contributed by atoms with Crippen molar-refractivity contribution < 1.29 is 9.53 Å². The van der Waals surface area contributed by atoms with Crippen LogP contribution in [0.25, 0.3) is 11.0 Å². The van der Waals surface area contributed by atoms with Gasteiger partial charge in [0.05, 0.1) is 17.6 Å². The summed E-state index contributed by atoms with van der Waals surface area (Å²) in [5.74, 6) is 1.36. The molecule has 0 aliphatic heterocycles. The molecule has 2 aromatic rings. The Labute approximate surface area is 123 Å². The molecule has 0 bridgehead atoms. The van der Waals surface area contributed by atoms with E-state index in [1.807, 2.05) is 22.8 Å². The maximum atomic E-state index is 10.6. The van der Waals surface area contributed by atoms with E-state index < -0.39 is 6.09 Å². The molecular formula is C12H13BrClN3O2. The second kappa shape index (κ2) is 6.25. The van der Waals surface area contributed by atoms with Gasteiger partial charge in [0.15, 0.2) is 0 Å². The molecule has 0 saturated heterocycles. The molecule has 0 aliphatic carbocycles. The molecule has 2 N–H and O–H groups in total. The first-order chi connectivity index (χ1) is 9.11. The first kappa shape index (κ1) is 14.1. The number of carbonyl (C=O) groups excluding carboxylic acids is 1. The fourth-order valence-electron chi connectivity index (χ4n) is 1.91. The normalized spacial score (nSPS) is 10.8. The largest absolute Gasteiger partial charge is 0.448 e. The van der Waals surface area contributed by atoms with Crippen molar-refractivity contribution in [1.82, 2.24) is 9.55 Å². The maximum Gasteiger partial charge on any atom is 0.404 e. The van der Waals surface area contributed by atoms with Gasteiger partial charge in [0.1, 0.15) is 12.4 Å². The molecule has 102 valence electrons. The number of carbonyl (C=O) groups is 1. The highest BCUT2D eigenvalue weighted by atomic mass is 79.9. The summed E-state index contributed by atoms with van der Waals surface area (Å²) < 4.78 is 7.73. The van der Waals surface area contributed by atoms with Gasteiger partial charge in [0.25, 0.3) is 0 Å². The third kappa shape index (κ3) is 3.39. The van der Waals surface area contributed by atoms with Crippen LogP contribution in [0.4, 0.5) is 4.79 Å². The number of primary amides is 1. The predicted octanol–water partition coefficient (Wildman–Crippen LogP) is 2.68. The van der Waals surface area contributed by atoms with Gasteiger partial charge in [-0.05, 0) is 18.2 Å². The van der Waals surface area contributed by atoms with Gasteiger partial charge in [0.2, 0.25) is 0 Å². The lowest BCUT2D eigenvalue weighted by Gasteiger charge is -2.08. The molecule has 2 rings (SSSR count). The number of nitrogens with two attached hydrogens (primary N) is 1. The number of benzene rings is 1. The third-order valence-corrected chi connectivity index (χ3v) is 3.35. The predicted molar refractivity (Wildman–Crippen MR) is 77.4 cm³/mol. The van der Waals surface area contributed by atoms with E-state index in [2.05, 4.69) is 20.9 Å². The number of alkyl halides is 1. The van der Waals surface area contributed by atoms with Crippen LogP contribution in [0.2, 0.25) is 0 Å². The van der Waals surface area contributed by atoms with Gasteiger partial charge < -0.3 is 15.0 Å². The number of aromatic nitrogens is 2. The average Bonchev–Trinajstić information content (AvgIpc) is 2.67. The van der Waals surface area contributed by atoms with Crippen molar-refractivity contribution in [3.8, 4) is 0 Å². The zero-order valence-electron chi connectivity index (χ0n) is 10.1. The molecule has 0 atom stereocenters. The smallest absolute Gasteiger partial charge is 0.404 e. The minimum Gasteiger partial charge on any atom is -0.448 e. The van der Waals surface area contributed by atoms with Crippen LogP contribution in [0.5, 0.6) is 0 Å². The topological polar surface area (TPSA) is 70.1 Å². The highest BCUT2D eigenvalue weighted by Crippen LogP contribution is 2.21. The third-order valence-electron chi connectivity index (χ3n) is 2.67. The Morgan fingerprint density at radius 1 is 1.53 bits per heavy atom. The Morgan fingerprint density at radius 3 is 3.00 bits per heavy atom. The number of fused-ring (bicyclic) bond motifs is 1. The maximum absolute atomic E-state index is 10.6. The van der Waals surface area contributed by atoms with Crippen molar-refractivity contribution in [1.29, 1.82) is 0 Å². The van der Waals surface area contributed by atoms with Crippen molar-refractivity contribution in [2.45, 2.75) is 13.0 Å². The standard InChI is InChI=1S/C12H13BrClN3O2/c13-8-1-2-9-10(7-8)17(5-6-19-12(15)18)11(16-9)3-4-14/h1-2,7H,3-6H2,(H2,15,18). The molecule has 1 aromatic carbocycles. The number of nitrogens with zero attached hydrogens (tertiary/aromatic N) is 2. The van der Waals surface area contributed by atoms with Gasteiger partial charge in [-0.2, -0.15) is 0 Å². The zero-order chi connectivity index (χ0) is 13.8. The molecule has 0 radical (unpaired) electrons. The number of hydrogen-bond donors (Lipinski definition) is 1. The van der Waals surface area contributed by atoms with Crippen molar-refractivity contribution in [2.75, 3.05) is 12.5 Å². The Hall–Kier alpha value is -1.27.